The van der Waals surface area contributed by atoms with Gasteiger partial charge >= 0.3 is 0 Å². The molecule has 2 N–H and O–H groups in total. The fraction of sp³-hybridized carbons (Fsp3) is 1.00. The molecule has 3 nitrogen and oxygen atoms in total. The fourth-order valence-corrected chi connectivity index (χ4v) is 3.48. The van der Waals surface area contributed by atoms with Crippen molar-refractivity contribution in [2.45, 2.75) is 51.2 Å². The van der Waals surface area contributed by atoms with Crippen LogP contribution in [0.15, 0.2) is 0 Å². The highest BCUT2D eigenvalue weighted by Gasteiger charge is 2.40. The summed E-state index contributed by atoms with van der Waals surface area (Å²) in [5, 5.41) is 0. The molecule has 2 fully saturated rings. The predicted molar refractivity (Wildman–Crippen MR) is 66.4 cm³/mol. The number of ether oxygens (including phenoxy) is 1. The Kier molecular flexibility index (Phi) is 3.88. The third-order valence-corrected chi connectivity index (χ3v) is 4.36. The normalized spacial score (nSPS) is 42.2. The molecule has 2 aliphatic rings. The van der Waals surface area contributed by atoms with Gasteiger partial charge in [0.25, 0.3) is 0 Å². The molecule has 0 amide bonds. The summed E-state index contributed by atoms with van der Waals surface area (Å²) in [5.74, 6) is 0.829. The topological polar surface area (TPSA) is 38.5 Å². The first-order chi connectivity index (χ1) is 7.66. The van der Waals surface area contributed by atoms with Gasteiger partial charge in [-0.15, -0.1) is 0 Å². The lowest BCUT2D eigenvalue weighted by atomic mass is 9.75. The van der Waals surface area contributed by atoms with Crippen LogP contribution in [0.25, 0.3) is 0 Å². The first-order valence-corrected chi connectivity index (χ1v) is 6.73. The molecule has 0 radical (unpaired) electrons. The quantitative estimate of drug-likeness (QED) is 0.777. The lowest BCUT2D eigenvalue weighted by molar-refractivity contribution is -0.0751. The van der Waals surface area contributed by atoms with Gasteiger partial charge in [-0.1, -0.05) is 19.8 Å². The van der Waals surface area contributed by atoms with Crippen LogP contribution in [-0.4, -0.2) is 42.8 Å². The molecule has 0 aromatic rings. The predicted octanol–water partition coefficient (Wildman–Crippen LogP) is 1.61. The molecule has 3 heteroatoms. The van der Waals surface area contributed by atoms with Crippen molar-refractivity contribution in [2.24, 2.45) is 11.7 Å². The average molecular weight is 226 g/mol. The number of hydrogen-bond acceptors (Lipinski definition) is 3. The summed E-state index contributed by atoms with van der Waals surface area (Å²) in [7, 11) is 0. The molecule has 1 aliphatic carbocycles. The van der Waals surface area contributed by atoms with Crippen LogP contribution in [0.2, 0.25) is 0 Å². The van der Waals surface area contributed by atoms with Crippen molar-refractivity contribution in [3.8, 4) is 0 Å². The van der Waals surface area contributed by atoms with Gasteiger partial charge < -0.3 is 10.5 Å². The molecule has 1 aliphatic heterocycles. The van der Waals surface area contributed by atoms with Gasteiger partial charge in [0, 0.05) is 25.2 Å². The van der Waals surface area contributed by atoms with E-state index in [9.17, 15) is 0 Å². The van der Waals surface area contributed by atoms with Gasteiger partial charge in [0.15, 0.2) is 0 Å². The van der Waals surface area contributed by atoms with Crippen LogP contribution >= 0.6 is 0 Å². The molecule has 16 heavy (non-hydrogen) atoms. The molecule has 2 rings (SSSR count). The third kappa shape index (κ3) is 2.41. The summed E-state index contributed by atoms with van der Waals surface area (Å²) in [4.78, 5) is 2.61. The maximum atomic E-state index is 6.09. The second-order valence-electron chi connectivity index (χ2n) is 5.76. The molecule has 0 bridgehead atoms. The van der Waals surface area contributed by atoms with Crippen molar-refractivity contribution in [1.29, 1.82) is 0 Å². The van der Waals surface area contributed by atoms with E-state index in [1.807, 2.05) is 0 Å². The summed E-state index contributed by atoms with van der Waals surface area (Å²) in [6, 6.07) is 0. The Morgan fingerprint density at radius 1 is 1.44 bits per heavy atom. The van der Waals surface area contributed by atoms with E-state index >= 15 is 0 Å². The minimum atomic E-state index is 0.274. The number of nitrogens with two attached hydrogens (primary N) is 1. The van der Waals surface area contributed by atoms with Crippen LogP contribution in [0.3, 0.4) is 0 Å². The summed E-state index contributed by atoms with van der Waals surface area (Å²) < 4.78 is 5.63. The molecule has 1 heterocycles. The molecule has 1 saturated heterocycles. The molecule has 1 saturated carbocycles. The summed E-state index contributed by atoms with van der Waals surface area (Å²) in [6.07, 6.45) is 5.64. The first kappa shape index (κ1) is 12.3. The molecular formula is C13H26N2O. The van der Waals surface area contributed by atoms with Gasteiger partial charge in [-0.05, 0) is 25.7 Å². The summed E-state index contributed by atoms with van der Waals surface area (Å²) in [6.45, 7) is 8.34. The highest BCUT2D eigenvalue weighted by Crippen LogP contribution is 2.36. The molecular weight excluding hydrogens is 200 g/mol. The Balaban J connectivity index is 2.07. The lowest BCUT2D eigenvalue weighted by Crippen LogP contribution is -2.60. The van der Waals surface area contributed by atoms with Crippen molar-refractivity contribution in [1.82, 2.24) is 4.90 Å². The number of hydrogen-bond donors (Lipinski definition) is 1. The molecule has 0 spiro atoms. The van der Waals surface area contributed by atoms with Gasteiger partial charge in [0.1, 0.15) is 0 Å². The van der Waals surface area contributed by atoms with Crippen LogP contribution in [-0.2, 0) is 4.74 Å². The second-order valence-corrected chi connectivity index (χ2v) is 5.76. The third-order valence-electron chi connectivity index (χ3n) is 4.36. The minimum Gasteiger partial charge on any atom is -0.376 e. The van der Waals surface area contributed by atoms with Gasteiger partial charge in [0.2, 0.25) is 0 Å². The Labute approximate surface area is 99.3 Å². The van der Waals surface area contributed by atoms with Crippen LogP contribution < -0.4 is 5.73 Å². The van der Waals surface area contributed by atoms with Crippen molar-refractivity contribution >= 4 is 0 Å². The van der Waals surface area contributed by atoms with Gasteiger partial charge in [-0.2, -0.15) is 0 Å². The number of nitrogens with zero attached hydrogens (tertiary/aromatic N) is 1. The van der Waals surface area contributed by atoms with Gasteiger partial charge in [-0.3, -0.25) is 4.90 Å². The van der Waals surface area contributed by atoms with E-state index in [1.54, 1.807) is 0 Å². The zero-order valence-electron chi connectivity index (χ0n) is 10.7. The number of rotatable bonds is 2. The molecule has 0 aromatic heterocycles. The zero-order valence-corrected chi connectivity index (χ0v) is 10.7. The van der Waals surface area contributed by atoms with Crippen molar-refractivity contribution in [2.75, 3.05) is 26.2 Å². The van der Waals surface area contributed by atoms with E-state index in [-0.39, 0.29) is 5.54 Å². The molecule has 0 aromatic carbocycles. The molecule has 3 unspecified atom stereocenters. The summed E-state index contributed by atoms with van der Waals surface area (Å²) in [5.41, 5.74) is 6.37. The average Bonchev–Trinajstić information content (AvgIpc) is 2.29. The van der Waals surface area contributed by atoms with Crippen molar-refractivity contribution in [3.05, 3.63) is 0 Å². The Bertz CT molecular complexity index is 234. The standard InChI is InChI=1S/C13H26N2O/c1-11-4-3-5-13(8-11,10-14)15-6-7-16-12(2)9-15/h11-12H,3-10,14H2,1-2H3. The second kappa shape index (κ2) is 5.03. The maximum Gasteiger partial charge on any atom is 0.0674 e. The molecule has 94 valence electrons. The van der Waals surface area contributed by atoms with E-state index in [2.05, 4.69) is 18.7 Å². The van der Waals surface area contributed by atoms with Gasteiger partial charge in [0.05, 0.1) is 12.7 Å². The Morgan fingerprint density at radius 3 is 2.88 bits per heavy atom. The Hall–Kier alpha value is -0.120. The van der Waals surface area contributed by atoms with E-state index in [0.29, 0.717) is 6.10 Å². The van der Waals surface area contributed by atoms with Crippen LogP contribution in [0.5, 0.6) is 0 Å². The first-order valence-electron chi connectivity index (χ1n) is 6.73. The Morgan fingerprint density at radius 2 is 2.25 bits per heavy atom. The number of morpholine rings is 1. The van der Waals surface area contributed by atoms with E-state index in [1.165, 1.54) is 25.7 Å². The minimum absolute atomic E-state index is 0.274. The maximum absolute atomic E-state index is 6.09. The highest BCUT2D eigenvalue weighted by atomic mass is 16.5. The molecule has 3 atom stereocenters. The zero-order chi connectivity index (χ0) is 11.6. The monoisotopic (exact) mass is 226 g/mol. The largest absolute Gasteiger partial charge is 0.376 e. The van der Waals surface area contributed by atoms with Crippen LogP contribution in [0.4, 0.5) is 0 Å². The fourth-order valence-electron chi connectivity index (χ4n) is 3.48. The van der Waals surface area contributed by atoms with Crippen molar-refractivity contribution < 1.29 is 4.74 Å². The van der Waals surface area contributed by atoms with Crippen LogP contribution in [0.1, 0.15) is 39.5 Å². The smallest absolute Gasteiger partial charge is 0.0674 e. The lowest BCUT2D eigenvalue weighted by Gasteiger charge is -2.50. The van der Waals surface area contributed by atoms with E-state index < -0.39 is 0 Å². The van der Waals surface area contributed by atoms with E-state index in [0.717, 1.165) is 32.2 Å². The highest BCUT2D eigenvalue weighted by molar-refractivity contribution is 4.97. The van der Waals surface area contributed by atoms with E-state index in [4.69, 9.17) is 10.5 Å². The van der Waals surface area contributed by atoms with Crippen LogP contribution in [0, 0.1) is 5.92 Å². The van der Waals surface area contributed by atoms with Gasteiger partial charge in [-0.25, -0.2) is 0 Å². The van der Waals surface area contributed by atoms with Crippen molar-refractivity contribution in [3.63, 3.8) is 0 Å². The summed E-state index contributed by atoms with van der Waals surface area (Å²) >= 11 is 0. The SMILES string of the molecule is CC1CCCC(CN)(N2CCOC(C)C2)C1.